The normalized spacial score (nSPS) is 15.9. The molecular weight excluding hydrogens is 228 g/mol. The number of ether oxygens (including phenoxy) is 1. The molecule has 1 saturated heterocycles. The van der Waals surface area contributed by atoms with Crippen LogP contribution in [-0.2, 0) is 4.74 Å². The van der Waals surface area contributed by atoms with Gasteiger partial charge in [-0.25, -0.2) is 4.79 Å². The summed E-state index contributed by atoms with van der Waals surface area (Å²) in [5.74, 6) is 0. The van der Waals surface area contributed by atoms with Crippen LogP contribution in [0.4, 0.5) is 4.79 Å². The number of nitrogens with two attached hydrogens (primary N) is 1. The quantitative estimate of drug-likeness (QED) is 0.726. The predicted octanol–water partition coefficient (Wildman–Crippen LogP) is 3.40. The van der Waals surface area contributed by atoms with Gasteiger partial charge in [-0.3, -0.25) is 0 Å². The molecule has 0 bridgehead atoms. The van der Waals surface area contributed by atoms with Crippen LogP contribution >= 0.6 is 0 Å². The van der Waals surface area contributed by atoms with Crippen molar-refractivity contribution in [3.8, 4) is 0 Å². The number of likely N-dealkylation sites (tertiary alicyclic amines) is 1. The molecule has 4 nitrogen and oxygen atoms in total. The van der Waals surface area contributed by atoms with Gasteiger partial charge in [0.05, 0.1) is 0 Å². The largest absolute Gasteiger partial charge is 0.444 e. The summed E-state index contributed by atoms with van der Waals surface area (Å²) in [6.07, 6.45) is 1.53. The Kier molecular flexibility index (Phi) is 11.1. The number of hydrogen-bond donors (Lipinski definition) is 1. The van der Waals surface area contributed by atoms with Crippen LogP contribution in [0.5, 0.6) is 0 Å². The average molecular weight is 260 g/mol. The second kappa shape index (κ2) is 10.2. The molecule has 1 aliphatic heterocycles. The lowest BCUT2D eigenvalue weighted by Crippen LogP contribution is -2.44. The van der Waals surface area contributed by atoms with Gasteiger partial charge in [-0.2, -0.15) is 0 Å². The summed E-state index contributed by atoms with van der Waals surface area (Å²) >= 11 is 0. The summed E-state index contributed by atoms with van der Waals surface area (Å²) in [5.41, 5.74) is 5.34. The van der Waals surface area contributed by atoms with E-state index in [9.17, 15) is 4.79 Å². The third kappa shape index (κ3) is 9.28. The van der Waals surface area contributed by atoms with Gasteiger partial charge in [0, 0.05) is 19.1 Å². The van der Waals surface area contributed by atoms with Crippen LogP contribution in [0.25, 0.3) is 0 Å². The molecular formula is C14H32N2O2. The number of carbonyl (C=O) groups is 1. The lowest BCUT2D eigenvalue weighted by Gasteiger charge is -2.32. The van der Waals surface area contributed by atoms with Crippen molar-refractivity contribution in [1.82, 2.24) is 4.90 Å². The van der Waals surface area contributed by atoms with Crippen molar-refractivity contribution in [3.63, 3.8) is 0 Å². The standard InChI is InChI=1S/C10H20N2O2.2C2H6/c1-10(2,3)14-9(13)12-6-4-8(11)5-7-12;2*1-2/h8H,4-7,11H2,1-3H3;2*1-2H3. The van der Waals surface area contributed by atoms with Crippen molar-refractivity contribution in [2.24, 2.45) is 5.73 Å². The van der Waals surface area contributed by atoms with Gasteiger partial charge in [0.1, 0.15) is 5.60 Å². The Bertz CT molecular complexity index is 204. The fraction of sp³-hybridized carbons (Fsp3) is 0.929. The minimum Gasteiger partial charge on any atom is -0.444 e. The molecule has 18 heavy (non-hydrogen) atoms. The van der Waals surface area contributed by atoms with E-state index in [1.165, 1.54) is 0 Å². The molecule has 1 fully saturated rings. The molecule has 1 rings (SSSR count). The Morgan fingerprint density at radius 3 is 1.83 bits per heavy atom. The first-order chi connectivity index (χ1) is 8.38. The minimum atomic E-state index is -0.406. The van der Waals surface area contributed by atoms with Gasteiger partial charge in [0.15, 0.2) is 0 Å². The van der Waals surface area contributed by atoms with Gasteiger partial charge in [0.25, 0.3) is 0 Å². The van der Waals surface area contributed by atoms with Crippen LogP contribution in [0.15, 0.2) is 0 Å². The Morgan fingerprint density at radius 2 is 1.50 bits per heavy atom. The molecule has 4 heteroatoms. The molecule has 0 atom stereocenters. The molecule has 0 aromatic rings. The van der Waals surface area contributed by atoms with Crippen LogP contribution in [0.3, 0.4) is 0 Å². The van der Waals surface area contributed by atoms with Crippen molar-refractivity contribution in [1.29, 1.82) is 0 Å². The number of amides is 1. The van der Waals surface area contributed by atoms with E-state index in [0.717, 1.165) is 25.9 Å². The van der Waals surface area contributed by atoms with E-state index in [1.54, 1.807) is 4.90 Å². The first-order valence-corrected chi connectivity index (χ1v) is 7.12. The Hall–Kier alpha value is -0.770. The van der Waals surface area contributed by atoms with Crippen molar-refractivity contribution < 1.29 is 9.53 Å². The van der Waals surface area contributed by atoms with E-state index in [1.807, 2.05) is 48.5 Å². The third-order valence-corrected chi connectivity index (χ3v) is 2.19. The summed E-state index contributed by atoms with van der Waals surface area (Å²) in [7, 11) is 0. The predicted molar refractivity (Wildman–Crippen MR) is 77.7 cm³/mol. The summed E-state index contributed by atoms with van der Waals surface area (Å²) < 4.78 is 5.26. The number of rotatable bonds is 0. The van der Waals surface area contributed by atoms with Gasteiger partial charge in [-0.05, 0) is 33.6 Å². The van der Waals surface area contributed by atoms with Crippen molar-refractivity contribution in [2.75, 3.05) is 13.1 Å². The second-order valence-corrected chi connectivity index (χ2v) is 4.80. The molecule has 0 unspecified atom stereocenters. The number of nitrogens with zero attached hydrogens (tertiary/aromatic N) is 1. The van der Waals surface area contributed by atoms with Gasteiger partial charge < -0.3 is 15.4 Å². The third-order valence-electron chi connectivity index (χ3n) is 2.19. The van der Waals surface area contributed by atoms with Crippen LogP contribution in [0.1, 0.15) is 61.3 Å². The molecule has 0 saturated carbocycles. The van der Waals surface area contributed by atoms with Gasteiger partial charge in [-0.1, -0.05) is 27.7 Å². The average Bonchev–Trinajstić information content (AvgIpc) is 2.33. The maximum atomic E-state index is 11.6. The monoisotopic (exact) mass is 260 g/mol. The summed E-state index contributed by atoms with van der Waals surface area (Å²) in [6.45, 7) is 15.1. The first kappa shape index (κ1) is 19.6. The van der Waals surface area contributed by atoms with E-state index >= 15 is 0 Å². The summed E-state index contributed by atoms with van der Waals surface area (Å²) in [4.78, 5) is 13.3. The summed E-state index contributed by atoms with van der Waals surface area (Å²) in [5, 5.41) is 0. The molecule has 2 N–H and O–H groups in total. The molecule has 1 aliphatic rings. The highest BCUT2D eigenvalue weighted by molar-refractivity contribution is 5.68. The zero-order chi connectivity index (χ0) is 14.8. The van der Waals surface area contributed by atoms with E-state index < -0.39 is 5.60 Å². The number of hydrogen-bond acceptors (Lipinski definition) is 3. The highest BCUT2D eigenvalue weighted by Crippen LogP contribution is 2.14. The Labute approximate surface area is 113 Å². The lowest BCUT2D eigenvalue weighted by molar-refractivity contribution is 0.0207. The van der Waals surface area contributed by atoms with E-state index in [0.29, 0.717) is 0 Å². The van der Waals surface area contributed by atoms with Crippen molar-refractivity contribution in [2.45, 2.75) is 73.0 Å². The Morgan fingerprint density at radius 1 is 1.11 bits per heavy atom. The van der Waals surface area contributed by atoms with Crippen LogP contribution in [-0.4, -0.2) is 35.7 Å². The maximum absolute atomic E-state index is 11.6. The molecule has 0 aliphatic carbocycles. The molecule has 0 radical (unpaired) electrons. The smallest absolute Gasteiger partial charge is 0.410 e. The highest BCUT2D eigenvalue weighted by Gasteiger charge is 2.25. The molecule has 0 aromatic carbocycles. The Balaban J connectivity index is 0. The van der Waals surface area contributed by atoms with Crippen LogP contribution in [0.2, 0.25) is 0 Å². The molecule has 1 amide bonds. The maximum Gasteiger partial charge on any atom is 0.410 e. The van der Waals surface area contributed by atoms with Crippen molar-refractivity contribution in [3.05, 3.63) is 0 Å². The zero-order valence-corrected chi connectivity index (χ0v) is 13.2. The van der Waals surface area contributed by atoms with Gasteiger partial charge in [0.2, 0.25) is 0 Å². The fourth-order valence-electron chi connectivity index (χ4n) is 1.41. The first-order valence-electron chi connectivity index (χ1n) is 7.12. The minimum absolute atomic E-state index is 0.218. The van der Waals surface area contributed by atoms with Crippen LogP contribution in [0, 0.1) is 0 Å². The van der Waals surface area contributed by atoms with E-state index in [4.69, 9.17) is 10.5 Å². The van der Waals surface area contributed by atoms with Gasteiger partial charge in [-0.15, -0.1) is 0 Å². The zero-order valence-electron chi connectivity index (χ0n) is 13.2. The van der Waals surface area contributed by atoms with E-state index in [2.05, 4.69) is 0 Å². The van der Waals surface area contributed by atoms with Crippen molar-refractivity contribution >= 4 is 6.09 Å². The molecule has 110 valence electrons. The van der Waals surface area contributed by atoms with Crippen LogP contribution < -0.4 is 5.73 Å². The SMILES string of the molecule is CC.CC.CC(C)(C)OC(=O)N1CCC(N)CC1. The molecule has 0 aromatic heterocycles. The molecule has 1 heterocycles. The van der Waals surface area contributed by atoms with E-state index in [-0.39, 0.29) is 12.1 Å². The fourth-order valence-corrected chi connectivity index (χ4v) is 1.41. The highest BCUT2D eigenvalue weighted by atomic mass is 16.6. The second-order valence-electron chi connectivity index (χ2n) is 4.80. The number of carbonyl (C=O) groups excluding carboxylic acids is 1. The topological polar surface area (TPSA) is 55.6 Å². The molecule has 0 spiro atoms. The lowest BCUT2D eigenvalue weighted by atomic mass is 10.1. The summed E-state index contributed by atoms with van der Waals surface area (Å²) in [6, 6.07) is 0.244. The van der Waals surface area contributed by atoms with Gasteiger partial charge >= 0.3 is 6.09 Å². The number of piperidine rings is 1.